The highest BCUT2D eigenvalue weighted by atomic mass is 19.1. The monoisotopic (exact) mass is 247 g/mol. The van der Waals surface area contributed by atoms with Crippen molar-refractivity contribution in [2.24, 2.45) is 17.8 Å². The van der Waals surface area contributed by atoms with E-state index in [2.05, 4.69) is 0 Å². The van der Waals surface area contributed by atoms with Crippen molar-refractivity contribution in [2.45, 2.75) is 37.5 Å². The standard InChI is InChI=1S/C15H18FNO/c16-12-3-11(14(18)4-13(12)17)15-5-8-1-9(6-15)10(2-8)7-15/h3-4,8-10,18H,1-2,5-7,17H2. The number of hydrogen-bond acceptors (Lipinski definition) is 2. The highest BCUT2D eigenvalue weighted by Gasteiger charge is 2.57. The summed E-state index contributed by atoms with van der Waals surface area (Å²) in [6.07, 6.45) is 6.09. The number of nitrogen functional groups attached to an aromatic ring is 1. The first-order valence-corrected chi connectivity index (χ1v) is 6.86. The van der Waals surface area contributed by atoms with Crippen LogP contribution in [-0.2, 0) is 5.41 Å². The fourth-order valence-electron chi connectivity index (χ4n) is 5.14. The van der Waals surface area contributed by atoms with Crippen molar-refractivity contribution < 1.29 is 9.50 Å². The van der Waals surface area contributed by atoms with Crippen LogP contribution in [0.3, 0.4) is 0 Å². The molecule has 0 spiro atoms. The van der Waals surface area contributed by atoms with Gasteiger partial charge >= 0.3 is 0 Å². The summed E-state index contributed by atoms with van der Waals surface area (Å²) in [5, 5.41) is 10.1. The van der Waals surface area contributed by atoms with E-state index in [9.17, 15) is 9.50 Å². The Labute approximate surface area is 106 Å². The molecule has 4 aliphatic rings. The number of aromatic hydroxyl groups is 1. The van der Waals surface area contributed by atoms with E-state index < -0.39 is 0 Å². The van der Waals surface area contributed by atoms with Gasteiger partial charge in [0.2, 0.25) is 0 Å². The maximum absolute atomic E-state index is 13.7. The van der Waals surface area contributed by atoms with Crippen LogP contribution >= 0.6 is 0 Å². The molecule has 0 saturated heterocycles. The van der Waals surface area contributed by atoms with Crippen molar-refractivity contribution in [3.63, 3.8) is 0 Å². The minimum absolute atomic E-state index is 0.0368. The van der Waals surface area contributed by atoms with Gasteiger partial charge in [-0.15, -0.1) is 0 Å². The van der Waals surface area contributed by atoms with Gasteiger partial charge < -0.3 is 10.8 Å². The largest absolute Gasteiger partial charge is 0.508 e. The Balaban J connectivity index is 1.82. The second kappa shape index (κ2) is 3.19. The summed E-state index contributed by atoms with van der Waals surface area (Å²) in [7, 11) is 0. The molecule has 2 nitrogen and oxygen atoms in total. The number of nitrogens with two attached hydrogens (primary N) is 1. The molecule has 0 amide bonds. The van der Waals surface area contributed by atoms with Crippen molar-refractivity contribution in [3.8, 4) is 5.75 Å². The molecule has 0 radical (unpaired) electrons. The minimum Gasteiger partial charge on any atom is -0.508 e. The first-order chi connectivity index (χ1) is 8.57. The Kier molecular flexibility index (Phi) is 1.89. The van der Waals surface area contributed by atoms with Gasteiger partial charge in [-0.3, -0.25) is 0 Å². The van der Waals surface area contributed by atoms with E-state index in [0.717, 1.165) is 42.6 Å². The predicted molar refractivity (Wildman–Crippen MR) is 67.7 cm³/mol. The van der Waals surface area contributed by atoms with E-state index in [4.69, 9.17) is 5.73 Å². The van der Waals surface area contributed by atoms with Crippen LogP contribution in [0.4, 0.5) is 10.1 Å². The molecule has 18 heavy (non-hydrogen) atoms. The van der Waals surface area contributed by atoms with Gasteiger partial charge in [-0.1, -0.05) is 0 Å². The van der Waals surface area contributed by atoms with Crippen molar-refractivity contribution in [2.75, 3.05) is 5.73 Å². The van der Waals surface area contributed by atoms with Gasteiger partial charge in [0.05, 0.1) is 5.69 Å². The van der Waals surface area contributed by atoms with E-state index in [0.29, 0.717) is 0 Å². The average molecular weight is 247 g/mol. The summed E-state index contributed by atoms with van der Waals surface area (Å²) in [4.78, 5) is 0. The number of benzene rings is 1. The first kappa shape index (κ1) is 10.7. The van der Waals surface area contributed by atoms with Crippen LogP contribution in [0.25, 0.3) is 0 Å². The summed E-state index contributed by atoms with van der Waals surface area (Å²) < 4.78 is 13.7. The molecule has 0 heterocycles. The third kappa shape index (κ3) is 1.22. The Morgan fingerprint density at radius 1 is 1.17 bits per heavy atom. The number of hydrogen-bond donors (Lipinski definition) is 2. The summed E-state index contributed by atoms with van der Waals surface area (Å²) in [6, 6.07) is 2.87. The second-order valence-electron chi connectivity index (χ2n) is 6.64. The number of halogens is 1. The number of rotatable bonds is 1. The summed E-state index contributed by atoms with van der Waals surface area (Å²) in [5.74, 6) is 2.21. The van der Waals surface area contributed by atoms with Gasteiger partial charge in [-0.2, -0.15) is 0 Å². The van der Waals surface area contributed by atoms with Crippen LogP contribution < -0.4 is 5.73 Å². The van der Waals surface area contributed by atoms with Gasteiger partial charge in [0, 0.05) is 11.6 Å². The van der Waals surface area contributed by atoms with Crippen LogP contribution in [-0.4, -0.2) is 5.11 Å². The predicted octanol–water partition coefficient (Wildman–Crippen LogP) is 3.19. The zero-order chi connectivity index (χ0) is 12.5. The van der Waals surface area contributed by atoms with Crippen molar-refractivity contribution in [3.05, 3.63) is 23.5 Å². The first-order valence-electron chi connectivity index (χ1n) is 6.86. The van der Waals surface area contributed by atoms with Crippen molar-refractivity contribution in [1.29, 1.82) is 0 Å². The van der Waals surface area contributed by atoms with Crippen LogP contribution in [0.15, 0.2) is 12.1 Å². The zero-order valence-corrected chi connectivity index (χ0v) is 10.3. The van der Waals surface area contributed by atoms with E-state index >= 15 is 0 Å². The maximum Gasteiger partial charge on any atom is 0.146 e. The molecule has 3 N–H and O–H groups in total. The fourth-order valence-corrected chi connectivity index (χ4v) is 5.14. The second-order valence-corrected chi connectivity index (χ2v) is 6.64. The molecule has 4 saturated carbocycles. The zero-order valence-electron chi connectivity index (χ0n) is 10.3. The molecule has 0 aliphatic heterocycles. The lowest BCUT2D eigenvalue weighted by molar-refractivity contribution is 0.223. The molecule has 4 fully saturated rings. The smallest absolute Gasteiger partial charge is 0.146 e. The third-order valence-electron chi connectivity index (χ3n) is 5.61. The van der Waals surface area contributed by atoms with Gasteiger partial charge in [0.25, 0.3) is 0 Å². The molecule has 3 heteroatoms. The summed E-state index contributed by atoms with van der Waals surface area (Å²) in [5.41, 5.74) is 6.41. The van der Waals surface area contributed by atoms with E-state index in [1.54, 1.807) is 0 Å². The number of phenolic OH excluding ortho intramolecular Hbond substituents is 1. The van der Waals surface area contributed by atoms with Gasteiger partial charge in [-0.25, -0.2) is 4.39 Å². The molecular weight excluding hydrogens is 229 g/mol. The molecule has 96 valence electrons. The molecule has 0 aromatic heterocycles. The molecule has 1 aromatic rings. The van der Waals surface area contributed by atoms with E-state index in [1.165, 1.54) is 25.0 Å². The molecule has 4 bridgehead atoms. The third-order valence-corrected chi connectivity index (χ3v) is 5.61. The normalized spacial score (nSPS) is 40.6. The minimum atomic E-state index is -0.389. The van der Waals surface area contributed by atoms with Crippen LogP contribution in [0, 0.1) is 23.6 Å². The van der Waals surface area contributed by atoms with Crippen LogP contribution in [0.1, 0.15) is 37.7 Å². The number of anilines is 1. The Hall–Kier alpha value is -1.25. The SMILES string of the molecule is Nc1cc(O)c(C23CC4CC(C2)C(C4)C3)cc1F. The summed E-state index contributed by atoms with van der Waals surface area (Å²) >= 11 is 0. The van der Waals surface area contributed by atoms with E-state index in [1.807, 2.05) is 0 Å². The maximum atomic E-state index is 13.7. The molecule has 1 aromatic carbocycles. The lowest BCUT2D eigenvalue weighted by Gasteiger charge is -2.39. The Bertz CT molecular complexity index is 508. The van der Waals surface area contributed by atoms with Crippen molar-refractivity contribution >= 4 is 5.69 Å². The topological polar surface area (TPSA) is 46.2 Å². The van der Waals surface area contributed by atoms with Crippen LogP contribution in [0.5, 0.6) is 5.75 Å². The molecule has 2 atom stereocenters. The lowest BCUT2D eigenvalue weighted by atomic mass is 9.65. The number of phenols is 1. The molecular formula is C15H18FNO. The Morgan fingerprint density at radius 3 is 2.44 bits per heavy atom. The van der Waals surface area contributed by atoms with Gasteiger partial charge in [0.15, 0.2) is 0 Å². The summed E-state index contributed by atoms with van der Waals surface area (Å²) in [6.45, 7) is 0. The van der Waals surface area contributed by atoms with Gasteiger partial charge in [-0.05, 0) is 61.3 Å². The molecule has 2 unspecified atom stereocenters. The van der Waals surface area contributed by atoms with Crippen LogP contribution in [0.2, 0.25) is 0 Å². The fraction of sp³-hybridized carbons (Fsp3) is 0.600. The van der Waals surface area contributed by atoms with Gasteiger partial charge in [0.1, 0.15) is 11.6 Å². The molecule has 5 rings (SSSR count). The molecule has 4 aliphatic carbocycles. The highest BCUT2D eigenvalue weighted by Crippen LogP contribution is 2.65. The van der Waals surface area contributed by atoms with Crippen molar-refractivity contribution in [1.82, 2.24) is 0 Å². The Morgan fingerprint density at radius 2 is 1.83 bits per heavy atom. The average Bonchev–Trinajstić information content (AvgIpc) is 2.72. The quantitative estimate of drug-likeness (QED) is 0.749. The lowest BCUT2D eigenvalue weighted by Crippen LogP contribution is -2.31. The van der Waals surface area contributed by atoms with E-state index in [-0.39, 0.29) is 22.7 Å². The highest BCUT2D eigenvalue weighted by molar-refractivity contribution is 5.52.